The third kappa shape index (κ3) is 3.17. The quantitative estimate of drug-likeness (QED) is 0.512. The van der Waals surface area contributed by atoms with Crippen molar-refractivity contribution in [2.75, 3.05) is 6.61 Å². The molecule has 1 aliphatic rings. The molecule has 0 spiro atoms. The Morgan fingerprint density at radius 2 is 2.07 bits per heavy atom. The van der Waals surface area contributed by atoms with E-state index in [1.165, 1.54) is 5.57 Å². The average molecular weight is 196 g/mol. The molecule has 1 saturated carbocycles. The second-order valence-electron chi connectivity index (χ2n) is 3.80. The lowest BCUT2D eigenvalue weighted by Crippen LogP contribution is -2.20. The fourth-order valence-corrected chi connectivity index (χ4v) is 1.98. The lowest BCUT2D eigenvalue weighted by molar-refractivity contribution is -0.148. The van der Waals surface area contributed by atoms with Crippen molar-refractivity contribution < 1.29 is 9.53 Å². The third-order valence-corrected chi connectivity index (χ3v) is 2.74. The summed E-state index contributed by atoms with van der Waals surface area (Å²) in [5.41, 5.74) is 1.52. The zero-order valence-electron chi connectivity index (χ0n) is 9.21. The van der Waals surface area contributed by atoms with Crippen LogP contribution in [0.25, 0.3) is 0 Å². The van der Waals surface area contributed by atoms with E-state index >= 15 is 0 Å². The second-order valence-corrected chi connectivity index (χ2v) is 3.80. The molecule has 2 nitrogen and oxygen atoms in total. The molecule has 0 aliphatic heterocycles. The molecule has 0 saturated heterocycles. The molecule has 0 aromatic rings. The highest BCUT2D eigenvalue weighted by molar-refractivity contribution is 5.72. The van der Waals surface area contributed by atoms with Gasteiger partial charge in [-0.3, -0.25) is 4.79 Å². The summed E-state index contributed by atoms with van der Waals surface area (Å²) in [6.07, 6.45) is 7.52. The molecule has 0 aromatic carbocycles. The van der Waals surface area contributed by atoms with Crippen molar-refractivity contribution in [3.05, 3.63) is 11.6 Å². The Morgan fingerprint density at radius 1 is 1.43 bits per heavy atom. The van der Waals surface area contributed by atoms with E-state index in [-0.39, 0.29) is 11.9 Å². The predicted octanol–water partition coefficient (Wildman–Crippen LogP) is 3.08. The van der Waals surface area contributed by atoms with Gasteiger partial charge in [-0.15, -0.1) is 0 Å². The fraction of sp³-hybridized carbons (Fsp3) is 0.750. The Balaban J connectivity index is 2.35. The van der Waals surface area contributed by atoms with Crippen LogP contribution in [0, 0.1) is 5.92 Å². The molecule has 1 fully saturated rings. The van der Waals surface area contributed by atoms with Gasteiger partial charge in [-0.25, -0.2) is 0 Å². The minimum Gasteiger partial charge on any atom is -0.466 e. The molecule has 0 bridgehead atoms. The molecule has 0 unspecified atom stereocenters. The van der Waals surface area contributed by atoms with Crippen molar-refractivity contribution in [1.82, 2.24) is 0 Å². The minimum absolute atomic E-state index is 0.00282. The van der Waals surface area contributed by atoms with Crippen molar-refractivity contribution in [3.8, 4) is 0 Å². The standard InChI is InChI=1S/C12H20O2/c1-3-5-10-6-8-11(9-7-10)12(13)14-4-2/h5,11H,3-4,6-9H2,1-2H3. The number of rotatable bonds is 3. The Hall–Kier alpha value is -0.790. The van der Waals surface area contributed by atoms with Gasteiger partial charge in [-0.2, -0.15) is 0 Å². The zero-order valence-corrected chi connectivity index (χ0v) is 9.21. The molecule has 0 heterocycles. The number of ether oxygens (including phenoxy) is 1. The van der Waals surface area contributed by atoms with E-state index in [1.54, 1.807) is 0 Å². The highest BCUT2D eigenvalue weighted by atomic mass is 16.5. The molecule has 14 heavy (non-hydrogen) atoms. The first-order chi connectivity index (χ1) is 6.77. The largest absolute Gasteiger partial charge is 0.466 e. The van der Waals surface area contributed by atoms with E-state index in [1.807, 2.05) is 6.92 Å². The molecule has 1 rings (SSSR count). The van der Waals surface area contributed by atoms with Crippen molar-refractivity contribution in [3.63, 3.8) is 0 Å². The van der Waals surface area contributed by atoms with Gasteiger partial charge in [0.05, 0.1) is 12.5 Å². The summed E-state index contributed by atoms with van der Waals surface area (Å²) >= 11 is 0. The number of hydrogen-bond acceptors (Lipinski definition) is 2. The van der Waals surface area contributed by atoms with E-state index in [0.29, 0.717) is 6.61 Å². The Kier molecular flexibility index (Phi) is 4.71. The zero-order chi connectivity index (χ0) is 10.4. The normalized spacial score (nSPS) is 21.9. The van der Waals surface area contributed by atoms with E-state index in [9.17, 15) is 4.79 Å². The number of esters is 1. The highest BCUT2D eigenvalue weighted by Gasteiger charge is 2.23. The molecule has 80 valence electrons. The van der Waals surface area contributed by atoms with E-state index in [2.05, 4.69) is 13.0 Å². The van der Waals surface area contributed by atoms with Crippen molar-refractivity contribution in [1.29, 1.82) is 0 Å². The van der Waals surface area contributed by atoms with Crippen LogP contribution in [0.2, 0.25) is 0 Å². The van der Waals surface area contributed by atoms with Gasteiger partial charge in [-0.05, 0) is 39.0 Å². The lowest BCUT2D eigenvalue weighted by Gasteiger charge is -2.22. The summed E-state index contributed by atoms with van der Waals surface area (Å²) in [7, 11) is 0. The van der Waals surface area contributed by atoms with Crippen LogP contribution in [0.3, 0.4) is 0 Å². The van der Waals surface area contributed by atoms with Crippen LogP contribution in [-0.2, 0) is 9.53 Å². The molecule has 0 N–H and O–H groups in total. The molecule has 2 heteroatoms. The second kappa shape index (κ2) is 5.84. The topological polar surface area (TPSA) is 26.3 Å². The Labute approximate surface area is 86.3 Å². The summed E-state index contributed by atoms with van der Waals surface area (Å²) < 4.78 is 5.02. The van der Waals surface area contributed by atoms with Gasteiger partial charge in [0.25, 0.3) is 0 Å². The molecule has 0 atom stereocenters. The van der Waals surface area contributed by atoms with E-state index in [0.717, 1.165) is 32.1 Å². The summed E-state index contributed by atoms with van der Waals surface area (Å²) in [5.74, 6) is 0.159. The van der Waals surface area contributed by atoms with Gasteiger partial charge in [0.15, 0.2) is 0 Å². The SMILES string of the molecule is CCC=C1CCC(C(=O)OCC)CC1. The third-order valence-electron chi connectivity index (χ3n) is 2.74. The first kappa shape index (κ1) is 11.3. The van der Waals surface area contributed by atoms with Gasteiger partial charge in [-0.1, -0.05) is 18.6 Å². The summed E-state index contributed by atoms with van der Waals surface area (Å²) in [4.78, 5) is 11.4. The van der Waals surface area contributed by atoms with E-state index < -0.39 is 0 Å². The molecule has 0 aromatic heterocycles. The first-order valence-corrected chi connectivity index (χ1v) is 5.62. The van der Waals surface area contributed by atoms with Crippen molar-refractivity contribution in [2.45, 2.75) is 46.0 Å². The maximum atomic E-state index is 11.4. The number of allylic oxidation sites excluding steroid dienone is 2. The molecular formula is C12H20O2. The summed E-state index contributed by atoms with van der Waals surface area (Å²) in [6, 6.07) is 0. The van der Waals surface area contributed by atoms with Gasteiger partial charge in [0, 0.05) is 0 Å². The molecule has 1 aliphatic carbocycles. The fourth-order valence-electron chi connectivity index (χ4n) is 1.98. The van der Waals surface area contributed by atoms with Gasteiger partial charge in [0.1, 0.15) is 0 Å². The van der Waals surface area contributed by atoms with Crippen LogP contribution >= 0.6 is 0 Å². The van der Waals surface area contributed by atoms with Crippen LogP contribution in [0.5, 0.6) is 0 Å². The Bertz CT molecular complexity index is 208. The highest BCUT2D eigenvalue weighted by Crippen LogP contribution is 2.29. The Morgan fingerprint density at radius 3 is 2.57 bits per heavy atom. The van der Waals surface area contributed by atoms with Crippen molar-refractivity contribution in [2.24, 2.45) is 5.92 Å². The number of carbonyl (C=O) groups is 1. The molecular weight excluding hydrogens is 176 g/mol. The first-order valence-electron chi connectivity index (χ1n) is 5.62. The van der Waals surface area contributed by atoms with Crippen LogP contribution in [0.4, 0.5) is 0 Å². The summed E-state index contributed by atoms with van der Waals surface area (Å²) in [6.45, 7) is 4.53. The van der Waals surface area contributed by atoms with Crippen LogP contribution < -0.4 is 0 Å². The predicted molar refractivity (Wildman–Crippen MR) is 57.0 cm³/mol. The van der Waals surface area contributed by atoms with Crippen LogP contribution in [-0.4, -0.2) is 12.6 Å². The van der Waals surface area contributed by atoms with Crippen molar-refractivity contribution >= 4 is 5.97 Å². The number of carbonyl (C=O) groups excluding carboxylic acids is 1. The lowest BCUT2D eigenvalue weighted by atomic mass is 9.85. The monoisotopic (exact) mass is 196 g/mol. The number of hydrogen-bond donors (Lipinski definition) is 0. The van der Waals surface area contributed by atoms with E-state index in [4.69, 9.17) is 4.74 Å². The maximum absolute atomic E-state index is 11.4. The van der Waals surface area contributed by atoms with Crippen LogP contribution in [0.1, 0.15) is 46.0 Å². The maximum Gasteiger partial charge on any atom is 0.308 e. The average Bonchev–Trinajstić information content (AvgIpc) is 2.20. The molecule has 0 amide bonds. The molecule has 0 radical (unpaired) electrons. The van der Waals surface area contributed by atoms with Crippen LogP contribution in [0.15, 0.2) is 11.6 Å². The van der Waals surface area contributed by atoms with Gasteiger partial charge in [0.2, 0.25) is 0 Å². The van der Waals surface area contributed by atoms with Gasteiger partial charge < -0.3 is 4.74 Å². The summed E-state index contributed by atoms with van der Waals surface area (Å²) in [5, 5.41) is 0. The smallest absolute Gasteiger partial charge is 0.308 e. The van der Waals surface area contributed by atoms with Gasteiger partial charge >= 0.3 is 5.97 Å². The minimum atomic E-state index is 0.00282.